The third kappa shape index (κ3) is 27.2. The quantitative estimate of drug-likeness (QED) is 0.0120. The highest BCUT2D eigenvalue weighted by Crippen LogP contribution is 2.39. The third-order valence-electron chi connectivity index (χ3n) is 14.0. The molecular formula is C60H106N8O10Si4. The van der Waals surface area contributed by atoms with E-state index in [1.807, 2.05) is 28.1 Å². The van der Waals surface area contributed by atoms with E-state index in [0.29, 0.717) is 85.0 Å². The molecule has 4 aromatic rings. The molecule has 0 aliphatic heterocycles. The number of aromatic nitrogens is 6. The summed E-state index contributed by atoms with van der Waals surface area (Å²) in [6.45, 7) is 40.8. The molecule has 4 heterocycles. The van der Waals surface area contributed by atoms with E-state index >= 15 is 0 Å². The number of rotatable bonds is 30. The molecule has 2 saturated carbocycles. The van der Waals surface area contributed by atoms with Crippen molar-refractivity contribution in [2.75, 3.05) is 83.0 Å². The highest BCUT2D eigenvalue weighted by atomic mass is 28.3. The van der Waals surface area contributed by atoms with E-state index < -0.39 is 50.6 Å². The van der Waals surface area contributed by atoms with E-state index in [1.54, 1.807) is 32.3 Å². The van der Waals surface area contributed by atoms with Gasteiger partial charge in [0.25, 0.3) is 0 Å². The second-order valence-corrected chi connectivity index (χ2v) is 48.8. The van der Waals surface area contributed by atoms with E-state index in [0.717, 1.165) is 97.4 Å². The first-order valence-corrected chi connectivity index (χ1v) is 44.9. The summed E-state index contributed by atoms with van der Waals surface area (Å²) >= 11 is 0. The minimum atomic E-state index is -1.21. The second kappa shape index (κ2) is 34.6. The number of hydrogen-bond donors (Lipinski definition) is 0. The van der Waals surface area contributed by atoms with Gasteiger partial charge in [-0.15, -0.1) is 0 Å². The van der Waals surface area contributed by atoms with Gasteiger partial charge in [0.15, 0.2) is 11.3 Å². The molecule has 0 radical (unpaired) electrons. The van der Waals surface area contributed by atoms with Crippen LogP contribution in [0.1, 0.15) is 111 Å². The van der Waals surface area contributed by atoms with Crippen LogP contribution in [0.15, 0.2) is 48.3 Å². The average molecular weight is 1210 g/mol. The number of carbonyl (C=O) groups is 3. The number of ether oxygens (including phenoxy) is 7. The van der Waals surface area contributed by atoms with E-state index in [1.165, 1.54) is 12.5 Å². The standard InChI is InChI=1S/C28H50N4O4Si2.C28H48N4O4Si2.C4H8O2/c2*1-8-36-28(33)19-23-9-11-24(12-10-23)25-20-27(32-26(30-25)13-14-29-32)31(21-34-15-17-37(2,3)4)22-35-16-18-38(5,6)7;1-3-6-4(2)5/h13-14,20,23-24H,8-12,15-19,21-22H2,1-7H3;13-14,19-20,24H,8-12,15-18,21-22H2,1-7H3;3H2,1-2H3/i19D,23D;;. The predicted octanol–water partition coefficient (Wildman–Crippen LogP) is 13.3. The smallest absolute Gasteiger partial charge is 0.330 e. The highest BCUT2D eigenvalue weighted by Gasteiger charge is 2.28. The maximum absolute atomic E-state index is 12.2. The Kier molecular flexibility index (Phi) is 28.2. The van der Waals surface area contributed by atoms with Crippen molar-refractivity contribution >= 4 is 73.1 Å². The molecule has 18 nitrogen and oxygen atoms in total. The minimum Gasteiger partial charge on any atom is -0.466 e. The van der Waals surface area contributed by atoms with Crippen LogP contribution in [0.4, 0.5) is 11.6 Å². The SMILES string of the molecule is CCOC(=O)C=C1CCC(c2cc(N(COCC[Si](C)(C)C)COCC[Si](C)(C)C)n3nccc3n2)CC1.CCOC(C)=O.[2H]C(C(=O)OCC)C1([2H])CCC(c2cc(N(COCC[Si](C)(C)C)COCC[Si](C)(C)C)n3nccc3n2)CC1. The Morgan fingerprint density at radius 2 is 0.963 bits per heavy atom. The molecule has 0 saturated heterocycles. The van der Waals surface area contributed by atoms with Gasteiger partial charge < -0.3 is 43.0 Å². The van der Waals surface area contributed by atoms with E-state index in [-0.39, 0.29) is 24.5 Å². The molecule has 0 N–H and O–H groups in total. The number of allylic oxidation sites excluding steroid dienone is 1. The van der Waals surface area contributed by atoms with E-state index in [2.05, 4.69) is 115 Å². The number of fused-ring (bicyclic) bond motifs is 2. The summed E-state index contributed by atoms with van der Waals surface area (Å²) in [4.78, 5) is 48.0. The molecule has 0 spiro atoms. The lowest BCUT2D eigenvalue weighted by molar-refractivity contribution is -0.144. The monoisotopic (exact) mass is 1210 g/mol. The summed E-state index contributed by atoms with van der Waals surface area (Å²) < 4.78 is 60.1. The third-order valence-corrected chi connectivity index (χ3v) is 20.8. The molecular weight excluding hydrogens is 1110 g/mol. The Labute approximate surface area is 499 Å². The van der Waals surface area contributed by atoms with Gasteiger partial charge in [-0.05, 0) is 102 Å². The topological polar surface area (TPSA) is 183 Å². The van der Waals surface area contributed by atoms with Crippen LogP contribution in [0.2, 0.25) is 103 Å². The molecule has 1 atom stereocenters. The molecule has 22 heteroatoms. The van der Waals surface area contributed by atoms with Gasteiger partial charge in [0.2, 0.25) is 0 Å². The average Bonchev–Trinajstić information content (AvgIpc) is 4.25. The largest absolute Gasteiger partial charge is 0.466 e. The van der Waals surface area contributed by atoms with Gasteiger partial charge in [-0.2, -0.15) is 19.2 Å². The predicted molar refractivity (Wildman–Crippen MR) is 341 cm³/mol. The zero-order valence-corrected chi connectivity index (χ0v) is 57.2. The van der Waals surface area contributed by atoms with Crippen LogP contribution in [0.3, 0.4) is 0 Å². The molecule has 1 unspecified atom stereocenters. The lowest BCUT2D eigenvalue weighted by Crippen LogP contribution is -2.33. The van der Waals surface area contributed by atoms with Crippen LogP contribution in [-0.4, -0.2) is 153 Å². The fourth-order valence-corrected chi connectivity index (χ4v) is 12.0. The van der Waals surface area contributed by atoms with Crippen molar-refractivity contribution < 1.29 is 50.3 Å². The minimum absolute atomic E-state index is 0.133. The molecule has 0 bridgehead atoms. The maximum atomic E-state index is 12.2. The van der Waals surface area contributed by atoms with Gasteiger partial charge in [-0.1, -0.05) is 84.1 Å². The fraction of sp³-hybridized carbons (Fsp3) is 0.717. The first kappa shape index (κ1) is 66.8. The highest BCUT2D eigenvalue weighted by molar-refractivity contribution is 6.77. The zero-order valence-electron chi connectivity index (χ0n) is 55.2. The van der Waals surface area contributed by atoms with Gasteiger partial charge in [-0.3, -0.25) is 9.59 Å². The van der Waals surface area contributed by atoms with E-state index in [4.69, 9.17) is 41.1 Å². The molecule has 2 aliphatic rings. The summed E-state index contributed by atoms with van der Waals surface area (Å²) in [7, 11) is -4.78. The molecule has 4 aromatic heterocycles. The summed E-state index contributed by atoms with van der Waals surface area (Å²) in [5.74, 6) is 0.105. The van der Waals surface area contributed by atoms with Crippen molar-refractivity contribution in [2.24, 2.45) is 5.89 Å². The molecule has 0 amide bonds. The maximum Gasteiger partial charge on any atom is 0.330 e. The first-order chi connectivity index (χ1) is 39.4. The molecule has 82 heavy (non-hydrogen) atoms. The summed E-state index contributed by atoms with van der Waals surface area (Å²) in [5, 5.41) is 9.13. The van der Waals surface area contributed by atoms with Gasteiger partial charge in [-0.25, -0.2) is 14.8 Å². The van der Waals surface area contributed by atoms with Crippen LogP contribution in [0.25, 0.3) is 11.3 Å². The van der Waals surface area contributed by atoms with Crippen molar-refractivity contribution in [3.05, 3.63) is 59.7 Å². The van der Waals surface area contributed by atoms with Gasteiger partial charge >= 0.3 is 17.9 Å². The lowest BCUT2D eigenvalue weighted by Gasteiger charge is -2.30. The molecule has 6 rings (SSSR count). The summed E-state index contributed by atoms with van der Waals surface area (Å²) in [6, 6.07) is 12.5. The molecule has 2 fully saturated rings. The van der Waals surface area contributed by atoms with Crippen molar-refractivity contribution in [3.8, 4) is 0 Å². The van der Waals surface area contributed by atoms with Gasteiger partial charge in [0.05, 0.1) is 32.2 Å². The van der Waals surface area contributed by atoms with Crippen LogP contribution in [0.5, 0.6) is 0 Å². The number of anilines is 2. The molecule has 462 valence electrons. The first-order valence-electron chi connectivity index (χ1n) is 31.1. The zero-order chi connectivity index (χ0) is 62.3. The van der Waals surface area contributed by atoms with Crippen LogP contribution in [-0.2, 0) is 47.5 Å². The van der Waals surface area contributed by atoms with Crippen LogP contribution >= 0.6 is 0 Å². The Morgan fingerprint density at radius 1 is 0.585 bits per heavy atom. The Bertz CT molecular complexity index is 2610. The number of esters is 3. The number of carbonyl (C=O) groups excluding carboxylic acids is 3. The van der Waals surface area contributed by atoms with Gasteiger partial charge in [0.1, 0.15) is 38.6 Å². The Balaban J connectivity index is 0.000000329. The van der Waals surface area contributed by atoms with Crippen molar-refractivity contribution in [3.63, 3.8) is 0 Å². The van der Waals surface area contributed by atoms with Crippen molar-refractivity contribution in [1.29, 1.82) is 0 Å². The van der Waals surface area contributed by atoms with Crippen molar-refractivity contribution in [2.45, 2.75) is 200 Å². The van der Waals surface area contributed by atoms with Crippen LogP contribution < -0.4 is 9.80 Å². The lowest BCUT2D eigenvalue weighted by atomic mass is 9.79. The second-order valence-electron chi connectivity index (χ2n) is 26.3. The summed E-state index contributed by atoms with van der Waals surface area (Å²) in [5.41, 5.74) is 4.77. The number of nitrogens with zero attached hydrogens (tertiary/aromatic N) is 8. The number of hydrogen-bond acceptors (Lipinski definition) is 16. The fourth-order valence-electron chi connectivity index (χ4n) is 9.01. The summed E-state index contributed by atoms with van der Waals surface area (Å²) in [6.07, 6.45) is 10.0. The van der Waals surface area contributed by atoms with Crippen LogP contribution in [0, 0.1) is 5.89 Å². The van der Waals surface area contributed by atoms with Crippen molar-refractivity contribution in [1.82, 2.24) is 29.2 Å². The molecule has 2 aliphatic carbocycles. The van der Waals surface area contributed by atoms with Gasteiger partial charge in [0, 0.05) is 128 Å². The molecule has 0 aromatic carbocycles. The Morgan fingerprint density at radius 3 is 1.30 bits per heavy atom. The Hall–Kier alpha value is -4.30. The van der Waals surface area contributed by atoms with E-state index in [9.17, 15) is 14.4 Å². The normalized spacial score (nSPS) is 18.5.